The number of hydrogen-bond acceptors (Lipinski definition) is 8. The number of halogens is 1. The average molecular weight is 497 g/mol. The Kier molecular flexibility index (Phi) is 6.75. The number of hydrogen-bond donors (Lipinski definition) is 4. The third-order valence-electron chi connectivity index (χ3n) is 4.61. The Morgan fingerprint density at radius 3 is 2.53 bits per heavy atom. The van der Waals surface area contributed by atoms with E-state index in [1.54, 1.807) is 32.2 Å². The smallest absolute Gasteiger partial charge is 0.267 e. The first-order valence-electron chi connectivity index (χ1n) is 9.30. The van der Waals surface area contributed by atoms with Crippen molar-refractivity contribution in [2.45, 2.75) is 32.6 Å². The number of aliphatic hydroxyl groups is 1. The molecule has 2 aromatic heterocycles. The number of nitrogens with zero attached hydrogens (tertiary/aromatic N) is 1. The fourth-order valence-electron chi connectivity index (χ4n) is 3.15. The normalized spacial score (nSPS) is 11.4. The minimum absolute atomic E-state index is 0.0231. The number of aliphatic hydroxyl groups excluding tert-OH is 1. The lowest BCUT2D eigenvalue weighted by atomic mass is 10.0. The Balaban J connectivity index is 2.01. The zero-order valence-electron chi connectivity index (χ0n) is 17.7. The van der Waals surface area contributed by atoms with Crippen molar-refractivity contribution < 1.29 is 22.8 Å². The average Bonchev–Trinajstić information content (AvgIpc) is 3.26. The van der Waals surface area contributed by atoms with Crippen molar-refractivity contribution in [3.63, 3.8) is 0 Å². The third kappa shape index (κ3) is 4.56. The van der Waals surface area contributed by atoms with Gasteiger partial charge in [0.25, 0.3) is 21.8 Å². The molecule has 1 amide bonds. The number of aryl methyl sites for hydroxylation is 4. The van der Waals surface area contributed by atoms with Crippen LogP contribution in [0.2, 0.25) is 5.02 Å². The monoisotopic (exact) mass is 496 g/mol. The van der Waals surface area contributed by atoms with Crippen LogP contribution in [0.4, 0.5) is 11.6 Å². The van der Waals surface area contributed by atoms with Crippen molar-refractivity contribution in [2.24, 2.45) is 0 Å². The van der Waals surface area contributed by atoms with Gasteiger partial charge in [0.1, 0.15) is 20.5 Å². The SMILES string of the molecule is Cc1cc(C)c(NC(=O)c2scc(C)c2S(=O)(=O)Nc2onc(C)c2Cl)c(C(=N)CO)c1. The summed E-state index contributed by atoms with van der Waals surface area (Å²) in [5, 5.41) is 25.3. The van der Waals surface area contributed by atoms with E-state index in [-0.39, 0.29) is 26.4 Å². The van der Waals surface area contributed by atoms with Gasteiger partial charge in [-0.2, -0.15) is 0 Å². The highest BCUT2D eigenvalue weighted by Crippen LogP contribution is 2.33. The second-order valence-electron chi connectivity index (χ2n) is 7.19. The van der Waals surface area contributed by atoms with Crippen LogP contribution in [0.15, 0.2) is 26.9 Å². The highest BCUT2D eigenvalue weighted by Gasteiger charge is 2.30. The second kappa shape index (κ2) is 9.02. The summed E-state index contributed by atoms with van der Waals surface area (Å²) >= 11 is 6.98. The lowest BCUT2D eigenvalue weighted by Crippen LogP contribution is -2.21. The van der Waals surface area contributed by atoms with Crippen LogP contribution < -0.4 is 10.0 Å². The van der Waals surface area contributed by atoms with E-state index in [2.05, 4.69) is 15.2 Å². The summed E-state index contributed by atoms with van der Waals surface area (Å²) in [7, 11) is -4.23. The minimum atomic E-state index is -4.23. The zero-order valence-corrected chi connectivity index (χ0v) is 20.0. The van der Waals surface area contributed by atoms with Crippen LogP contribution in [-0.2, 0) is 10.0 Å². The fourth-order valence-corrected chi connectivity index (χ4v) is 6.01. The van der Waals surface area contributed by atoms with Gasteiger partial charge in [-0.05, 0) is 50.3 Å². The van der Waals surface area contributed by atoms with Gasteiger partial charge in [0.05, 0.1) is 18.0 Å². The van der Waals surface area contributed by atoms with E-state index >= 15 is 0 Å². The Bertz CT molecular complexity index is 1330. The molecule has 32 heavy (non-hydrogen) atoms. The Morgan fingerprint density at radius 1 is 1.25 bits per heavy atom. The summed E-state index contributed by atoms with van der Waals surface area (Å²) in [5.74, 6) is -0.906. The van der Waals surface area contributed by atoms with Gasteiger partial charge in [-0.3, -0.25) is 4.79 Å². The molecule has 1 aromatic carbocycles. The molecule has 0 radical (unpaired) electrons. The highest BCUT2D eigenvalue weighted by molar-refractivity contribution is 7.93. The summed E-state index contributed by atoms with van der Waals surface area (Å²) in [6.07, 6.45) is 0. The molecule has 0 saturated heterocycles. The maximum absolute atomic E-state index is 13.1. The molecule has 0 spiro atoms. The molecule has 12 heteroatoms. The first kappa shape index (κ1) is 23.9. The summed E-state index contributed by atoms with van der Waals surface area (Å²) in [4.78, 5) is 12.9. The standard InChI is InChI=1S/C20H21ClN4O5S2/c1-9-5-10(2)16(13(6-9)14(22)7-26)23-19(27)17-18(11(3)8-31-17)32(28,29)25-20-15(21)12(4)24-30-20/h5-6,8,22,25-26H,7H2,1-4H3,(H,23,27). The van der Waals surface area contributed by atoms with Gasteiger partial charge < -0.3 is 20.4 Å². The number of nitrogens with one attached hydrogen (secondary N) is 3. The molecule has 2 heterocycles. The summed E-state index contributed by atoms with van der Waals surface area (Å²) < 4.78 is 33.3. The number of rotatable bonds is 7. The number of carbonyl (C=O) groups is 1. The molecular weight excluding hydrogens is 476 g/mol. The van der Waals surface area contributed by atoms with Gasteiger partial charge in [-0.25, -0.2) is 13.1 Å². The van der Waals surface area contributed by atoms with Crippen LogP contribution in [-0.4, -0.2) is 36.9 Å². The maximum Gasteiger partial charge on any atom is 0.267 e. The molecule has 0 aliphatic rings. The Labute approximate surface area is 194 Å². The molecular formula is C20H21ClN4O5S2. The predicted octanol–water partition coefficient (Wildman–Crippen LogP) is 4.04. The number of anilines is 2. The molecule has 3 aromatic rings. The first-order valence-corrected chi connectivity index (χ1v) is 12.0. The molecule has 0 bridgehead atoms. The molecule has 0 unspecified atom stereocenters. The van der Waals surface area contributed by atoms with Crippen molar-refractivity contribution in [1.29, 1.82) is 5.41 Å². The van der Waals surface area contributed by atoms with Crippen molar-refractivity contribution in [2.75, 3.05) is 16.6 Å². The number of thiophene rings is 1. The van der Waals surface area contributed by atoms with Crippen molar-refractivity contribution in [3.05, 3.63) is 55.4 Å². The Hall–Kier alpha value is -2.73. The van der Waals surface area contributed by atoms with E-state index in [9.17, 15) is 18.3 Å². The maximum atomic E-state index is 13.1. The van der Waals surface area contributed by atoms with Gasteiger partial charge in [0.2, 0.25) is 0 Å². The lowest BCUT2D eigenvalue weighted by molar-refractivity contribution is 0.102. The predicted molar refractivity (Wildman–Crippen MR) is 124 cm³/mol. The molecule has 0 atom stereocenters. The van der Waals surface area contributed by atoms with Crippen molar-refractivity contribution >= 4 is 56.2 Å². The van der Waals surface area contributed by atoms with Gasteiger partial charge >= 0.3 is 0 Å². The summed E-state index contributed by atoms with van der Waals surface area (Å²) in [6, 6.07) is 3.49. The number of sulfonamides is 1. The van der Waals surface area contributed by atoms with Crippen molar-refractivity contribution in [1.82, 2.24) is 5.16 Å². The number of amides is 1. The molecule has 0 aliphatic heterocycles. The van der Waals surface area contributed by atoms with E-state index in [0.717, 1.165) is 16.9 Å². The zero-order chi connectivity index (χ0) is 23.8. The van der Waals surface area contributed by atoms with E-state index in [0.29, 0.717) is 28.1 Å². The van der Waals surface area contributed by atoms with Gasteiger partial charge in [-0.15, -0.1) is 11.3 Å². The van der Waals surface area contributed by atoms with E-state index in [4.69, 9.17) is 21.5 Å². The van der Waals surface area contributed by atoms with Crippen LogP contribution in [0.1, 0.15) is 37.6 Å². The molecule has 0 aliphatic carbocycles. The van der Waals surface area contributed by atoms with E-state index < -0.39 is 22.5 Å². The first-order chi connectivity index (χ1) is 15.0. The second-order valence-corrected chi connectivity index (χ2v) is 10.1. The molecule has 3 rings (SSSR count). The van der Waals surface area contributed by atoms with Gasteiger partial charge in [0.15, 0.2) is 0 Å². The Morgan fingerprint density at radius 2 is 1.94 bits per heavy atom. The van der Waals surface area contributed by atoms with Gasteiger partial charge in [0, 0.05) is 5.56 Å². The van der Waals surface area contributed by atoms with Gasteiger partial charge in [-0.1, -0.05) is 28.4 Å². The quantitative estimate of drug-likeness (QED) is 0.363. The van der Waals surface area contributed by atoms with E-state index in [1.165, 1.54) is 0 Å². The number of benzene rings is 1. The minimum Gasteiger partial charge on any atom is -0.390 e. The number of carbonyl (C=O) groups excluding carboxylic acids is 1. The summed E-state index contributed by atoms with van der Waals surface area (Å²) in [5.41, 5.74) is 2.83. The molecule has 4 N–H and O–H groups in total. The van der Waals surface area contributed by atoms with E-state index in [1.807, 2.05) is 13.0 Å². The lowest BCUT2D eigenvalue weighted by Gasteiger charge is -2.16. The summed E-state index contributed by atoms with van der Waals surface area (Å²) in [6.45, 7) is 6.21. The van der Waals surface area contributed by atoms with Crippen LogP contribution in [0.3, 0.4) is 0 Å². The van der Waals surface area contributed by atoms with Crippen LogP contribution in [0.5, 0.6) is 0 Å². The topological polar surface area (TPSA) is 145 Å². The highest BCUT2D eigenvalue weighted by atomic mass is 35.5. The van der Waals surface area contributed by atoms with Crippen LogP contribution in [0, 0.1) is 33.1 Å². The molecule has 0 saturated carbocycles. The third-order valence-corrected chi connectivity index (χ3v) is 7.80. The fraction of sp³-hybridized carbons (Fsp3) is 0.250. The van der Waals surface area contributed by atoms with Crippen LogP contribution >= 0.6 is 22.9 Å². The molecule has 170 valence electrons. The number of aromatic nitrogens is 1. The molecule has 0 fully saturated rings. The largest absolute Gasteiger partial charge is 0.390 e. The van der Waals surface area contributed by atoms with Crippen molar-refractivity contribution in [3.8, 4) is 0 Å². The van der Waals surface area contributed by atoms with Crippen LogP contribution in [0.25, 0.3) is 0 Å². The molecule has 9 nitrogen and oxygen atoms in total.